The van der Waals surface area contributed by atoms with Gasteiger partial charge in [0.15, 0.2) is 0 Å². The van der Waals surface area contributed by atoms with Crippen molar-refractivity contribution >= 4 is 5.69 Å². The van der Waals surface area contributed by atoms with Gasteiger partial charge >= 0.3 is 0 Å². The second-order valence-electron chi connectivity index (χ2n) is 6.47. The minimum Gasteiger partial charge on any atom is -0.385 e. The molecule has 0 radical (unpaired) electrons. The molecule has 2 aliphatic rings. The predicted molar refractivity (Wildman–Crippen MR) is 85.2 cm³/mol. The molecular formula is C17H27N3. The molecule has 1 N–H and O–H groups in total. The summed E-state index contributed by atoms with van der Waals surface area (Å²) in [6.45, 7) is 4.71. The summed E-state index contributed by atoms with van der Waals surface area (Å²) < 4.78 is 0. The number of hydrogen-bond donors (Lipinski definition) is 1. The summed E-state index contributed by atoms with van der Waals surface area (Å²) in [6.07, 6.45) is 5.18. The number of rotatable bonds is 3. The van der Waals surface area contributed by atoms with Crippen molar-refractivity contribution in [1.29, 1.82) is 0 Å². The number of likely N-dealkylation sites (tertiary alicyclic amines) is 1. The predicted octanol–water partition coefficient (Wildman–Crippen LogP) is 2.57. The van der Waals surface area contributed by atoms with Crippen molar-refractivity contribution in [3.05, 3.63) is 29.3 Å². The van der Waals surface area contributed by atoms with Gasteiger partial charge in [-0.05, 0) is 63.5 Å². The topological polar surface area (TPSA) is 18.5 Å². The average molecular weight is 273 g/mol. The van der Waals surface area contributed by atoms with Crippen LogP contribution in [0.5, 0.6) is 0 Å². The van der Waals surface area contributed by atoms with Gasteiger partial charge in [0.2, 0.25) is 0 Å². The standard InChI is InChI=1S/C17H27N3/c1-19(2)15-7-5-11-20(13-15)12-14-6-3-9-17-16(14)8-4-10-18-17/h3,6,9,15,18H,4-5,7-8,10-13H2,1-2H3. The lowest BCUT2D eigenvalue weighted by molar-refractivity contribution is 0.127. The largest absolute Gasteiger partial charge is 0.385 e. The number of benzene rings is 1. The number of nitrogens with zero attached hydrogens (tertiary/aromatic N) is 2. The number of likely N-dealkylation sites (N-methyl/N-ethyl adjacent to an activating group) is 1. The molecule has 0 amide bonds. The Morgan fingerprint density at radius 2 is 2.20 bits per heavy atom. The van der Waals surface area contributed by atoms with Gasteiger partial charge in [0.25, 0.3) is 0 Å². The first-order valence-electron chi connectivity index (χ1n) is 7.97. The van der Waals surface area contributed by atoms with Crippen LogP contribution in [0.3, 0.4) is 0 Å². The molecule has 110 valence electrons. The minimum absolute atomic E-state index is 0.724. The lowest BCUT2D eigenvalue weighted by Gasteiger charge is -2.36. The van der Waals surface area contributed by atoms with E-state index >= 15 is 0 Å². The maximum absolute atomic E-state index is 3.54. The minimum atomic E-state index is 0.724. The molecule has 0 aromatic heterocycles. The zero-order valence-corrected chi connectivity index (χ0v) is 12.9. The molecule has 20 heavy (non-hydrogen) atoms. The van der Waals surface area contributed by atoms with Gasteiger partial charge in [0, 0.05) is 31.4 Å². The molecule has 0 saturated carbocycles. The summed E-state index contributed by atoms with van der Waals surface area (Å²) in [4.78, 5) is 5.02. The van der Waals surface area contributed by atoms with Crippen LogP contribution in [0.15, 0.2) is 18.2 Å². The van der Waals surface area contributed by atoms with Gasteiger partial charge in [0.1, 0.15) is 0 Å². The third kappa shape index (κ3) is 2.99. The fraction of sp³-hybridized carbons (Fsp3) is 0.647. The van der Waals surface area contributed by atoms with E-state index in [-0.39, 0.29) is 0 Å². The van der Waals surface area contributed by atoms with Gasteiger partial charge < -0.3 is 10.2 Å². The number of piperidine rings is 1. The summed E-state index contributed by atoms with van der Waals surface area (Å²) in [7, 11) is 4.42. The summed E-state index contributed by atoms with van der Waals surface area (Å²) >= 11 is 0. The highest BCUT2D eigenvalue weighted by Gasteiger charge is 2.22. The van der Waals surface area contributed by atoms with E-state index in [0.29, 0.717) is 0 Å². The van der Waals surface area contributed by atoms with Crippen LogP contribution in [-0.2, 0) is 13.0 Å². The van der Waals surface area contributed by atoms with Crippen LogP contribution >= 0.6 is 0 Å². The Labute approximate surface area is 123 Å². The van der Waals surface area contributed by atoms with E-state index in [0.717, 1.165) is 19.1 Å². The molecule has 1 fully saturated rings. The quantitative estimate of drug-likeness (QED) is 0.913. The molecule has 3 heteroatoms. The van der Waals surface area contributed by atoms with Gasteiger partial charge in [-0.15, -0.1) is 0 Å². The Kier molecular flexibility index (Phi) is 4.27. The molecule has 1 unspecified atom stereocenters. The Hall–Kier alpha value is -1.06. The molecule has 0 bridgehead atoms. The lowest BCUT2D eigenvalue weighted by Crippen LogP contribution is -2.44. The first kappa shape index (κ1) is 13.9. The summed E-state index contributed by atoms with van der Waals surface area (Å²) in [6, 6.07) is 7.49. The maximum Gasteiger partial charge on any atom is 0.0375 e. The van der Waals surface area contributed by atoms with E-state index in [1.807, 2.05) is 0 Å². The van der Waals surface area contributed by atoms with Crippen molar-refractivity contribution in [2.75, 3.05) is 39.0 Å². The van der Waals surface area contributed by atoms with Crippen LogP contribution in [0.2, 0.25) is 0 Å². The van der Waals surface area contributed by atoms with Gasteiger partial charge in [-0.2, -0.15) is 0 Å². The molecule has 2 aliphatic heterocycles. The Morgan fingerprint density at radius 3 is 3.05 bits per heavy atom. The molecule has 3 nitrogen and oxygen atoms in total. The van der Waals surface area contributed by atoms with E-state index in [1.165, 1.54) is 50.0 Å². The zero-order chi connectivity index (χ0) is 13.9. The van der Waals surface area contributed by atoms with Crippen LogP contribution in [-0.4, -0.2) is 49.6 Å². The number of hydrogen-bond acceptors (Lipinski definition) is 3. The normalized spacial score (nSPS) is 23.4. The molecule has 1 atom stereocenters. The van der Waals surface area contributed by atoms with E-state index in [4.69, 9.17) is 0 Å². The van der Waals surface area contributed by atoms with Crippen molar-refractivity contribution in [2.24, 2.45) is 0 Å². The highest BCUT2D eigenvalue weighted by molar-refractivity contribution is 5.56. The van der Waals surface area contributed by atoms with E-state index in [9.17, 15) is 0 Å². The smallest absolute Gasteiger partial charge is 0.0375 e. The molecule has 3 rings (SSSR count). The van der Waals surface area contributed by atoms with Crippen molar-refractivity contribution in [3.8, 4) is 0 Å². The van der Waals surface area contributed by atoms with Crippen molar-refractivity contribution in [2.45, 2.75) is 38.3 Å². The van der Waals surface area contributed by atoms with Gasteiger partial charge in [-0.1, -0.05) is 12.1 Å². The first-order chi connectivity index (χ1) is 9.74. The molecule has 0 spiro atoms. The third-order valence-corrected chi connectivity index (χ3v) is 4.80. The fourth-order valence-corrected chi connectivity index (χ4v) is 3.57. The van der Waals surface area contributed by atoms with Crippen LogP contribution < -0.4 is 5.32 Å². The Bertz CT molecular complexity index is 456. The monoisotopic (exact) mass is 273 g/mol. The van der Waals surface area contributed by atoms with Gasteiger partial charge in [-0.3, -0.25) is 4.90 Å². The summed E-state index contributed by atoms with van der Waals surface area (Å²) in [5.41, 5.74) is 4.47. The van der Waals surface area contributed by atoms with Crippen molar-refractivity contribution in [3.63, 3.8) is 0 Å². The van der Waals surface area contributed by atoms with Gasteiger partial charge in [0.05, 0.1) is 0 Å². The molecular weight excluding hydrogens is 246 g/mol. The number of fused-ring (bicyclic) bond motifs is 1. The lowest BCUT2D eigenvalue weighted by atomic mass is 9.96. The van der Waals surface area contributed by atoms with Crippen molar-refractivity contribution < 1.29 is 0 Å². The Balaban J connectivity index is 1.71. The zero-order valence-electron chi connectivity index (χ0n) is 12.9. The van der Waals surface area contributed by atoms with E-state index < -0.39 is 0 Å². The van der Waals surface area contributed by atoms with Crippen molar-refractivity contribution in [1.82, 2.24) is 9.80 Å². The molecule has 0 aliphatic carbocycles. The van der Waals surface area contributed by atoms with E-state index in [2.05, 4.69) is 47.4 Å². The second-order valence-corrected chi connectivity index (χ2v) is 6.47. The highest BCUT2D eigenvalue weighted by Crippen LogP contribution is 2.27. The number of nitrogens with one attached hydrogen (secondary N) is 1. The van der Waals surface area contributed by atoms with Crippen LogP contribution in [0, 0.1) is 0 Å². The third-order valence-electron chi connectivity index (χ3n) is 4.80. The highest BCUT2D eigenvalue weighted by atomic mass is 15.2. The van der Waals surface area contributed by atoms with Crippen LogP contribution in [0.1, 0.15) is 30.4 Å². The average Bonchev–Trinajstić information content (AvgIpc) is 2.48. The van der Waals surface area contributed by atoms with Crippen LogP contribution in [0.25, 0.3) is 0 Å². The van der Waals surface area contributed by atoms with Crippen LogP contribution in [0.4, 0.5) is 5.69 Å². The summed E-state index contributed by atoms with van der Waals surface area (Å²) in [5.74, 6) is 0. The molecule has 2 heterocycles. The van der Waals surface area contributed by atoms with E-state index in [1.54, 1.807) is 5.56 Å². The second kappa shape index (κ2) is 6.15. The van der Waals surface area contributed by atoms with Gasteiger partial charge in [-0.25, -0.2) is 0 Å². The first-order valence-corrected chi connectivity index (χ1v) is 7.97. The molecule has 1 aromatic rings. The maximum atomic E-state index is 3.54. The summed E-state index contributed by atoms with van der Waals surface area (Å²) in [5, 5.41) is 3.54. The molecule has 1 saturated heterocycles. The molecule has 1 aromatic carbocycles. The Morgan fingerprint density at radius 1 is 1.30 bits per heavy atom. The number of anilines is 1. The fourth-order valence-electron chi connectivity index (χ4n) is 3.57. The SMILES string of the molecule is CN(C)C1CCCN(Cc2cccc3c2CCCN3)C1.